The molecule has 0 bridgehead atoms. The van der Waals surface area contributed by atoms with E-state index in [1.165, 1.54) is 5.56 Å². The van der Waals surface area contributed by atoms with Crippen LogP contribution in [0.3, 0.4) is 0 Å². The van der Waals surface area contributed by atoms with Gasteiger partial charge in [-0.25, -0.2) is 9.78 Å². The van der Waals surface area contributed by atoms with Crippen LogP contribution in [-0.4, -0.2) is 23.1 Å². The highest BCUT2D eigenvalue weighted by Crippen LogP contribution is 2.23. The predicted molar refractivity (Wildman–Crippen MR) is 113 cm³/mol. The first-order chi connectivity index (χ1) is 15.1. The van der Waals surface area contributed by atoms with Crippen molar-refractivity contribution < 1.29 is 23.5 Å². The number of aromatic nitrogens is 1. The van der Waals surface area contributed by atoms with Crippen molar-refractivity contribution >= 4 is 12.0 Å². The molecule has 1 aliphatic rings. The van der Waals surface area contributed by atoms with Crippen LogP contribution in [0.4, 0.5) is 4.79 Å². The third-order valence-corrected chi connectivity index (χ3v) is 5.16. The fourth-order valence-electron chi connectivity index (χ4n) is 3.41. The predicted octanol–water partition coefficient (Wildman–Crippen LogP) is 4.58. The molecule has 31 heavy (non-hydrogen) atoms. The average Bonchev–Trinajstić information content (AvgIpc) is 3.32. The van der Waals surface area contributed by atoms with Crippen LogP contribution in [0, 0.1) is 6.92 Å². The molecule has 4 rings (SSSR count). The molecule has 1 fully saturated rings. The summed E-state index contributed by atoms with van der Waals surface area (Å²) in [7, 11) is 0. The van der Waals surface area contributed by atoms with Gasteiger partial charge in [-0.1, -0.05) is 30.3 Å². The summed E-state index contributed by atoms with van der Waals surface area (Å²) in [6, 6.07) is 17.7. The van der Waals surface area contributed by atoms with Gasteiger partial charge in [-0.15, -0.1) is 0 Å². The van der Waals surface area contributed by atoms with E-state index in [1.54, 1.807) is 0 Å². The maximum atomic E-state index is 11.5. The van der Waals surface area contributed by atoms with Crippen LogP contribution >= 0.6 is 0 Å². The van der Waals surface area contributed by atoms with Crippen LogP contribution in [0.2, 0.25) is 0 Å². The smallest absolute Gasteiger partial charge is 0.414 e. The Morgan fingerprint density at radius 2 is 1.81 bits per heavy atom. The lowest BCUT2D eigenvalue weighted by atomic mass is 10.1. The molecule has 2 aromatic carbocycles. The number of alkyl carbamates (subject to hydrolysis) is 1. The van der Waals surface area contributed by atoms with Crippen molar-refractivity contribution in [1.82, 2.24) is 10.3 Å². The molecular weight excluding hydrogens is 396 g/mol. The molecule has 0 saturated carbocycles. The van der Waals surface area contributed by atoms with Gasteiger partial charge in [0.2, 0.25) is 5.89 Å². The van der Waals surface area contributed by atoms with Crippen LogP contribution in [0.5, 0.6) is 5.75 Å². The zero-order chi connectivity index (χ0) is 21.6. The minimum Gasteiger partial charge on any atom is -0.487 e. The van der Waals surface area contributed by atoms with Gasteiger partial charge in [0.1, 0.15) is 23.8 Å². The van der Waals surface area contributed by atoms with Crippen LogP contribution in [0.15, 0.2) is 59.0 Å². The molecule has 1 atom stereocenters. The van der Waals surface area contributed by atoms with Gasteiger partial charge in [0.05, 0.1) is 0 Å². The number of nitrogens with one attached hydrogen (secondary N) is 1. The molecule has 2 amide bonds. The summed E-state index contributed by atoms with van der Waals surface area (Å²) < 4.78 is 16.6. The van der Waals surface area contributed by atoms with Crippen LogP contribution in [0.1, 0.15) is 36.3 Å². The Kier molecular flexibility index (Phi) is 6.31. The molecule has 1 aromatic heterocycles. The summed E-state index contributed by atoms with van der Waals surface area (Å²) in [4.78, 5) is 27.0. The highest BCUT2D eigenvalue weighted by molar-refractivity contribution is 5.99. The Morgan fingerprint density at radius 1 is 1.03 bits per heavy atom. The summed E-state index contributed by atoms with van der Waals surface area (Å²) in [6.45, 7) is 2.22. The minimum atomic E-state index is -0.650. The van der Waals surface area contributed by atoms with Crippen molar-refractivity contribution in [3.05, 3.63) is 71.6 Å². The molecule has 1 unspecified atom stereocenters. The van der Waals surface area contributed by atoms with Gasteiger partial charge >= 0.3 is 6.09 Å². The number of oxazole rings is 1. The third-order valence-electron chi connectivity index (χ3n) is 5.16. The molecule has 0 aliphatic carbocycles. The van der Waals surface area contributed by atoms with E-state index in [-0.39, 0.29) is 5.91 Å². The summed E-state index contributed by atoms with van der Waals surface area (Å²) in [5, 5.41) is 2.14. The third kappa shape index (κ3) is 5.31. The fraction of sp³-hybridized carbons (Fsp3) is 0.292. The van der Waals surface area contributed by atoms with Crippen LogP contribution in [-0.2, 0) is 22.6 Å². The molecule has 1 N–H and O–H groups in total. The van der Waals surface area contributed by atoms with Crippen molar-refractivity contribution in [3.8, 4) is 17.2 Å². The molecule has 0 radical (unpaired) electrons. The average molecular weight is 420 g/mol. The van der Waals surface area contributed by atoms with Crippen molar-refractivity contribution in [2.45, 2.75) is 45.3 Å². The largest absolute Gasteiger partial charge is 0.487 e. The number of cyclic esters (lactones) is 1. The normalized spacial score (nSPS) is 15.6. The Hall–Kier alpha value is -3.61. The first-order valence-corrected chi connectivity index (χ1v) is 10.3. The zero-order valence-corrected chi connectivity index (χ0v) is 17.3. The Balaban J connectivity index is 1.23. The van der Waals surface area contributed by atoms with Gasteiger partial charge < -0.3 is 13.9 Å². The number of carbonyl (C=O) groups excluding carboxylic acids is 2. The summed E-state index contributed by atoms with van der Waals surface area (Å²) in [6.07, 6.45) is 1.83. The molecule has 7 heteroatoms. The number of carbonyl (C=O) groups is 2. The first-order valence-electron chi connectivity index (χ1n) is 10.3. The standard InChI is InChI=1S/C24H24N2O5/c1-16-20(25-23(30-16)18-8-3-2-4-9-18)15-29-19-13-11-17(12-14-19)7-5-6-10-21-22(27)26-24(28)31-21/h2-4,8-9,11-14,21H,5-7,10,15H2,1H3,(H,26,27,28). The number of aryl methyl sites for hydroxylation is 2. The van der Waals surface area contributed by atoms with Crippen LogP contribution < -0.4 is 10.1 Å². The topological polar surface area (TPSA) is 90.7 Å². The van der Waals surface area contributed by atoms with E-state index in [1.807, 2.05) is 61.5 Å². The molecule has 160 valence electrons. The Morgan fingerprint density at radius 3 is 2.52 bits per heavy atom. The van der Waals surface area contributed by atoms with E-state index in [9.17, 15) is 9.59 Å². The van der Waals surface area contributed by atoms with Gasteiger partial charge in [-0.2, -0.15) is 0 Å². The quantitative estimate of drug-likeness (QED) is 0.510. The highest BCUT2D eigenvalue weighted by atomic mass is 16.6. The molecule has 1 aliphatic heterocycles. The lowest BCUT2D eigenvalue weighted by Crippen LogP contribution is -2.24. The maximum absolute atomic E-state index is 11.5. The van der Waals surface area contributed by atoms with Crippen molar-refractivity contribution in [1.29, 1.82) is 0 Å². The Labute approximate surface area is 180 Å². The number of amides is 2. The Bertz CT molecular complexity index is 1040. The van der Waals surface area contributed by atoms with Gasteiger partial charge in [0.15, 0.2) is 6.10 Å². The van der Waals surface area contributed by atoms with E-state index in [0.29, 0.717) is 18.9 Å². The van der Waals surface area contributed by atoms with Gasteiger partial charge in [-0.3, -0.25) is 10.1 Å². The number of hydrogen-bond acceptors (Lipinski definition) is 6. The maximum Gasteiger partial charge on any atom is 0.414 e. The second kappa shape index (κ2) is 9.47. The lowest BCUT2D eigenvalue weighted by Gasteiger charge is -2.07. The number of hydrogen-bond donors (Lipinski definition) is 1. The van der Waals surface area contributed by atoms with Gasteiger partial charge in [0, 0.05) is 5.56 Å². The molecule has 0 spiro atoms. The van der Waals surface area contributed by atoms with E-state index in [4.69, 9.17) is 13.9 Å². The van der Waals surface area contributed by atoms with E-state index >= 15 is 0 Å². The van der Waals surface area contributed by atoms with Crippen LogP contribution in [0.25, 0.3) is 11.5 Å². The number of nitrogens with zero attached hydrogens (tertiary/aromatic N) is 1. The highest BCUT2D eigenvalue weighted by Gasteiger charge is 2.31. The number of benzene rings is 2. The summed E-state index contributed by atoms with van der Waals surface area (Å²) in [5.74, 6) is 1.76. The fourth-order valence-corrected chi connectivity index (χ4v) is 3.41. The lowest BCUT2D eigenvalue weighted by molar-refractivity contribution is -0.123. The molecule has 7 nitrogen and oxygen atoms in total. The van der Waals surface area contributed by atoms with E-state index < -0.39 is 12.2 Å². The van der Waals surface area contributed by atoms with Gasteiger partial charge in [0.25, 0.3) is 5.91 Å². The second-order valence-electron chi connectivity index (χ2n) is 7.45. The molecule has 2 heterocycles. The molecule has 1 saturated heterocycles. The summed E-state index contributed by atoms with van der Waals surface area (Å²) >= 11 is 0. The number of ether oxygens (including phenoxy) is 2. The number of rotatable bonds is 9. The SMILES string of the molecule is Cc1oc(-c2ccccc2)nc1COc1ccc(CCCCC2OC(=O)NC2=O)cc1. The minimum absolute atomic E-state index is 0.337. The van der Waals surface area contributed by atoms with E-state index in [0.717, 1.165) is 42.0 Å². The van der Waals surface area contributed by atoms with Crippen molar-refractivity contribution in [2.24, 2.45) is 0 Å². The van der Waals surface area contributed by atoms with Crippen molar-refractivity contribution in [3.63, 3.8) is 0 Å². The second-order valence-corrected chi connectivity index (χ2v) is 7.45. The number of unbranched alkanes of at least 4 members (excludes halogenated alkanes) is 1. The summed E-state index contributed by atoms with van der Waals surface area (Å²) in [5.41, 5.74) is 2.90. The molecule has 3 aromatic rings. The first kappa shape index (κ1) is 20.7. The molecular formula is C24H24N2O5. The monoisotopic (exact) mass is 420 g/mol. The van der Waals surface area contributed by atoms with E-state index in [2.05, 4.69) is 10.3 Å². The zero-order valence-electron chi connectivity index (χ0n) is 17.3. The number of imide groups is 1. The van der Waals surface area contributed by atoms with Crippen molar-refractivity contribution in [2.75, 3.05) is 0 Å². The van der Waals surface area contributed by atoms with Gasteiger partial charge in [-0.05, 0) is 62.4 Å².